The fraction of sp³-hybridized carbons (Fsp3) is 0.778. The lowest BCUT2D eigenvalue weighted by Gasteiger charge is -1.93. The molecule has 1 saturated carbocycles. The molecule has 0 aromatic carbocycles. The van der Waals surface area contributed by atoms with Crippen LogP contribution in [0.25, 0.3) is 0 Å². The first-order valence-electron chi connectivity index (χ1n) is 4.90. The van der Waals surface area contributed by atoms with E-state index in [9.17, 15) is 0 Å². The van der Waals surface area contributed by atoms with Crippen molar-refractivity contribution in [3.05, 3.63) is 11.8 Å². The molecule has 1 fully saturated rings. The van der Waals surface area contributed by atoms with Crippen molar-refractivity contribution in [1.29, 1.82) is 0 Å². The number of hydrogen-bond acceptors (Lipinski definition) is 4. The molecular formula is C9H15N3O. The quantitative estimate of drug-likeness (QED) is 0.739. The predicted octanol–water partition coefficient (Wildman–Crippen LogP) is 1.13. The van der Waals surface area contributed by atoms with E-state index in [1.54, 1.807) is 0 Å². The Kier molecular flexibility index (Phi) is 2.59. The van der Waals surface area contributed by atoms with Gasteiger partial charge in [0.1, 0.15) is 0 Å². The minimum atomic E-state index is 0.689. The Balaban J connectivity index is 1.84. The smallest absolute Gasteiger partial charge is 0.230 e. The van der Waals surface area contributed by atoms with Crippen molar-refractivity contribution in [3.8, 4) is 0 Å². The average Bonchev–Trinajstić information content (AvgIpc) is 2.81. The first-order chi connectivity index (χ1) is 6.38. The van der Waals surface area contributed by atoms with E-state index in [0.717, 1.165) is 24.8 Å². The maximum atomic E-state index is 5.45. The van der Waals surface area contributed by atoms with E-state index in [4.69, 9.17) is 4.42 Å². The Morgan fingerprint density at radius 2 is 2.15 bits per heavy atom. The first-order valence-corrected chi connectivity index (χ1v) is 4.90. The summed E-state index contributed by atoms with van der Waals surface area (Å²) in [6.45, 7) is 3.68. The van der Waals surface area contributed by atoms with Crippen molar-refractivity contribution in [3.63, 3.8) is 0 Å². The van der Waals surface area contributed by atoms with Gasteiger partial charge >= 0.3 is 0 Å². The summed E-state index contributed by atoms with van der Waals surface area (Å²) in [5.74, 6) is 2.32. The molecule has 0 bridgehead atoms. The maximum Gasteiger partial charge on any atom is 0.230 e. The number of hydrogen-bond donors (Lipinski definition) is 1. The highest BCUT2D eigenvalue weighted by molar-refractivity contribution is 4.88. The highest BCUT2D eigenvalue weighted by Gasteiger charge is 2.24. The maximum absolute atomic E-state index is 5.45. The molecule has 0 radical (unpaired) electrons. The number of rotatable bonds is 5. The van der Waals surface area contributed by atoms with Crippen LogP contribution in [-0.2, 0) is 13.0 Å². The molecule has 0 saturated heterocycles. The lowest BCUT2D eigenvalue weighted by molar-refractivity contribution is 0.428. The highest BCUT2D eigenvalue weighted by Crippen LogP contribution is 2.32. The number of nitrogens with one attached hydrogen (secondary N) is 1. The number of nitrogens with zero attached hydrogens (tertiary/aromatic N) is 2. The molecule has 0 aliphatic heterocycles. The van der Waals surface area contributed by atoms with Crippen LogP contribution < -0.4 is 5.32 Å². The van der Waals surface area contributed by atoms with E-state index in [2.05, 4.69) is 22.4 Å². The van der Waals surface area contributed by atoms with E-state index >= 15 is 0 Å². The van der Waals surface area contributed by atoms with Crippen LogP contribution in [0.4, 0.5) is 0 Å². The van der Waals surface area contributed by atoms with Gasteiger partial charge in [-0.3, -0.25) is 0 Å². The molecule has 1 aliphatic carbocycles. The SMILES string of the molecule is CCNCc1nnc(CC2CC2)o1. The van der Waals surface area contributed by atoms with Gasteiger partial charge in [-0.1, -0.05) is 6.92 Å². The Hall–Kier alpha value is -0.900. The largest absolute Gasteiger partial charge is 0.424 e. The fourth-order valence-corrected chi connectivity index (χ4v) is 1.24. The minimum absolute atomic E-state index is 0.689. The summed E-state index contributed by atoms with van der Waals surface area (Å²) in [5, 5.41) is 11.1. The molecule has 1 aromatic rings. The molecular weight excluding hydrogens is 166 g/mol. The fourth-order valence-electron chi connectivity index (χ4n) is 1.24. The molecule has 4 nitrogen and oxygen atoms in total. The Bertz CT molecular complexity index is 268. The van der Waals surface area contributed by atoms with Gasteiger partial charge in [-0.05, 0) is 25.3 Å². The zero-order chi connectivity index (χ0) is 9.10. The third-order valence-electron chi connectivity index (χ3n) is 2.20. The second kappa shape index (κ2) is 3.87. The molecule has 13 heavy (non-hydrogen) atoms. The standard InChI is InChI=1S/C9H15N3O/c1-2-10-6-9-12-11-8(13-9)5-7-3-4-7/h7,10H,2-6H2,1H3. The van der Waals surface area contributed by atoms with E-state index in [-0.39, 0.29) is 0 Å². The van der Waals surface area contributed by atoms with Gasteiger partial charge in [0.2, 0.25) is 11.8 Å². The molecule has 1 aliphatic rings. The highest BCUT2D eigenvalue weighted by atomic mass is 16.4. The van der Waals surface area contributed by atoms with Gasteiger partial charge in [0, 0.05) is 6.42 Å². The van der Waals surface area contributed by atoms with Gasteiger partial charge < -0.3 is 9.73 Å². The van der Waals surface area contributed by atoms with E-state index in [1.165, 1.54) is 12.8 Å². The second-order valence-corrected chi connectivity index (χ2v) is 3.52. The van der Waals surface area contributed by atoms with Crippen LogP contribution in [0.1, 0.15) is 31.5 Å². The van der Waals surface area contributed by atoms with Gasteiger partial charge in [0.25, 0.3) is 0 Å². The monoisotopic (exact) mass is 181 g/mol. The van der Waals surface area contributed by atoms with Gasteiger partial charge in [0.05, 0.1) is 6.54 Å². The van der Waals surface area contributed by atoms with Gasteiger partial charge in [0.15, 0.2) is 0 Å². The zero-order valence-corrected chi connectivity index (χ0v) is 7.92. The van der Waals surface area contributed by atoms with Crippen molar-refractivity contribution < 1.29 is 4.42 Å². The molecule has 1 aromatic heterocycles. The summed E-state index contributed by atoms with van der Waals surface area (Å²) in [7, 11) is 0. The lowest BCUT2D eigenvalue weighted by Crippen LogP contribution is -2.11. The molecule has 0 amide bonds. The predicted molar refractivity (Wildman–Crippen MR) is 48.1 cm³/mol. The van der Waals surface area contributed by atoms with Crippen LogP contribution in [-0.4, -0.2) is 16.7 Å². The van der Waals surface area contributed by atoms with Gasteiger partial charge in [-0.15, -0.1) is 10.2 Å². The van der Waals surface area contributed by atoms with Crippen molar-refractivity contribution in [2.45, 2.75) is 32.7 Å². The molecule has 1 N–H and O–H groups in total. The summed E-state index contributed by atoms with van der Waals surface area (Å²) >= 11 is 0. The van der Waals surface area contributed by atoms with Crippen molar-refractivity contribution in [2.24, 2.45) is 5.92 Å². The van der Waals surface area contributed by atoms with Crippen LogP contribution in [0.2, 0.25) is 0 Å². The average molecular weight is 181 g/mol. The molecule has 1 heterocycles. The Labute approximate surface area is 77.7 Å². The van der Waals surface area contributed by atoms with Crippen molar-refractivity contribution in [1.82, 2.24) is 15.5 Å². The topological polar surface area (TPSA) is 51.0 Å². The zero-order valence-electron chi connectivity index (χ0n) is 7.92. The molecule has 0 atom stereocenters. The summed E-state index contributed by atoms with van der Waals surface area (Å²) < 4.78 is 5.45. The molecule has 0 unspecified atom stereocenters. The summed E-state index contributed by atoms with van der Waals surface area (Å²) in [6.07, 6.45) is 3.62. The van der Waals surface area contributed by atoms with Crippen LogP contribution >= 0.6 is 0 Å². The van der Waals surface area contributed by atoms with E-state index in [1.807, 2.05) is 0 Å². The van der Waals surface area contributed by atoms with Crippen LogP contribution in [0.3, 0.4) is 0 Å². The van der Waals surface area contributed by atoms with Crippen molar-refractivity contribution >= 4 is 0 Å². The summed E-state index contributed by atoms with van der Waals surface area (Å²) in [6, 6.07) is 0. The van der Waals surface area contributed by atoms with Gasteiger partial charge in [-0.25, -0.2) is 0 Å². The summed E-state index contributed by atoms with van der Waals surface area (Å²) in [4.78, 5) is 0. The first kappa shape index (κ1) is 8.69. The van der Waals surface area contributed by atoms with Crippen molar-refractivity contribution in [2.75, 3.05) is 6.54 Å². The number of aromatic nitrogens is 2. The normalized spacial score (nSPS) is 16.4. The van der Waals surface area contributed by atoms with E-state index < -0.39 is 0 Å². The second-order valence-electron chi connectivity index (χ2n) is 3.52. The van der Waals surface area contributed by atoms with Gasteiger partial charge in [-0.2, -0.15) is 0 Å². The third-order valence-corrected chi connectivity index (χ3v) is 2.20. The van der Waals surface area contributed by atoms with Crippen LogP contribution in [0.15, 0.2) is 4.42 Å². The molecule has 2 rings (SSSR count). The lowest BCUT2D eigenvalue weighted by atomic mass is 10.3. The Morgan fingerprint density at radius 1 is 1.38 bits per heavy atom. The Morgan fingerprint density at radius 3 is 2.85 bits per heavy atom. The molecule has 4 heteroatoms. The van der Waals surface area contributed by atoms with E-state index in [0.29, 0.717) is 12.4 Å². The van der Waals surface area contributed by atoms with Crippen LogP contribution in [0.5, 0.6) is 0 Å². The third kappa shape index (κ3) is 2.52. The summed E-state index contributed by atoms with van der Waals surface area (Å²) in [5.41, 5.74) is 0. The van der Waals surface area contributed by atoms with Crippen LogP contribution in [0, 0.1) is 5.92 Å². The minimum Gasteiger partial charge on any atom is -0.424 e. The molecule has 72 valence electrons. The molecule has 0 spiro atoms.